The lowest BCUT2D eigenvalue weighted by atomic mass is 10.3. The number of nitrogens with one attached hydrogen (secondary N) is 2. The highest BCUT2D eigenvalue weighted by Gasteiger charge is 2.04. The normalized spacial score (nSPS) is 10.3. The molecule has 1 aromatic carbocycles. The molecule has 0 saturated heterocycles. The number of pyridine rings is 1. The number of carbonyl (C=O) groups excluding carboxylic acids is 1. The molecule has 7 heteroatoms. The molecule has 128 valence electrons. The number of hydrogen-bond donors (Lipinski definition) is 2. The summed E-state index contributed by atoms with van der Waals surface area (Å²) < 4.78 is 23.5. The molecule has 0 atom stereocenters. The van der Waals surface area contributed by atoms with Crippen LogP contribution in [-0.2, 0) is 13.1 Å². The van der Waals surface area contributed by atoms with Gasteiger partial charge in [-0.25, -0.2) is 14.2 Å². The maximum atomic E-state index is 13.1. The second-order valence-electron chi connectivity index (χ2n) is 5.23. The van der Waals surface area contributed by atoms with Crippen molar-refractivity contribution in [3.05, 3.63) is 78.1 Å². The van der Waals surface area contributed by atoms with E-state index in [4.69, 9.17) is 9.15 Å². The van der Waals surface area contributed by atoms with Crippen LogP contribution in [0, 0.1) is 5.82 Å². The van der Waals surface area contributed by atoms with Gasteiger partial charge in [-0.3, -0.25) is 0 Å². The van der Waals surface area contributed by atoms with Gasteiger partial charge in [0.05, 0.1) is 12.5 Å². The zero-order valence-electron chi connectivity index (χ0n) is 13.2. The van der Waals surface area contributed by atoms with Crippen LogP contribution in [0.25, 0.3) is 0 Å². The van der Waals surface area contributed by atoms with E-state index in [0.717, 1.165) is 11.1 Å². The van der Waals surface area contributed by atoms with Crippen LogP contribution in [0.15, 0.2) is 65.6 Å². The molecular formula is C18H16FN3O3. The quantitative estimate of drug-likeness (QED) is 0.718. The Kier molecular flexibility index (Phi) is 5.26. The smallest absolute Gasteiger partial charge is 0.315 e. The van der Waals surface area contributed by atoms with Gasteiger partial charge in [0.2, 0.25) is 5.88 Å². The van der Waals surface area contributed by atoms with Gasteiger partial charge in [0.15, 0.2) is 0 Å². The van der Waals surface area contributed by atoms with E-state index in [0.29, 0.717) is 24.7 Å². The Hall–Kier alpha value is -3.35. The van der Waals surface area contributed by atoms with E-state index in [-0.39, 0.29) is 11.8 Å². The number of furan rings is 1. The fraction of sp³-hybridized carbons (Fsp3) is 0.111. The average molecular weight is 341 g/mol. The zero-order chi connectivity index (χ0) is 17.5. The van der Waals surface area contributed by atoms with Crippen molar-refractivity contribution in [3.8, 4) is 11.6 Å². The van der Waals surface area contributed by atoms with Gasteiger partial charge in [0.1, 0.15) is 11.6 Å². The van der Waals surface area contributed by atoms with Crippen LogP contribution in [0.1, 0.15) is 11.1 Å². The van der Waals surface area contributed by atoms with Gasteiger partial charge < -0.3 is 19.8 Å². The lowest BCUT2D eigenvalue weighted by Gasteiger charge is -2.08. The number of ether oxygens (including phenoxy) is 1. The minimum absolute atomic E-state index is 0.290. The molecule has 6 nitrogen and oxygen atoms in total. The molecule has 3 rings (SSSR count). The lowest BCUT2D eigenvalue weighted by Crippen LogP contribution is -2.34. The topological polar surface area (TPSA) is 76.4 Å². The number of urea groups is 1. The second kappa shape index (κ2) is 7.96. The van der Waals surface area contributed by atoms with Gasteiger partial charge in [-0.05, 0) is 23.8 Å². The van der Waals surface area contributed by atoms with Crippen molar-refractivity contribution in [1.29, 1.82) is 0 Å². The van der Waals surface area contributed by atoms with E-state index < -0.39 is 0 Å². The van der Waals surface area contributed by atoms with Crippen molar-refractivity contribution >= 4 is 6.03 Å². The van der Waals surface area contributed by atoms with Crippen molar-refractivity contribution < 1.29 is 18.3 Å². The van der Waals surface area contributed by atoms with E-state index in [2.05, 4.69) is 15.6 Å². The average Bonchev–Trinajstić information content (AvgIpc) is 3.13. The van der Waals surface area contributed by atoms with E-state index in [1.807, 2.05) is 0 Å². The molecule has 0 radical (unpaired) electrons. The number of nitrogens with zero attached hydrogens (tertiary/aromatic N) is 1. The number of hydrogen-bond acceptors (Lipinski definition) is 4. The Morgan fingerprint density at radius 3 is 2.64 bits per heavy atom. The SMILES string of the molecule is O=C(NCc1ccc(Oc2cccc(F)c2)nc1)NCc1ccoc1. The van der Waals surface area contributed by atoms with Crippen molar-refractivity contribution in [1.82, 2.24) is 15.6 Å². The fourth-order valence-electron chi connectivity index (χ4n) is 2.05. The second-order valence-corrected chi connectivity index (χ2v) is 5.23. The van der Waals surface area contributed by atoms with Gasteiger partial charge in [-0.1, -0.05) is 12.1 Å². The largest absolute Gasteiger partial charge is 0.472 e. The molecule has 0 aliphatic heterocycles. The van der Waals surface area contributed by atoms with E-state index in [1.165, 1.54) is 12.1 Å². The Morgan fingerprint density at radius 1 is 1.12 bits per heavy atom. The maximum absolute atomic E-state index is 13.1. The molecule has 0 saturated carbocycles. The van der Waals surface area contributed by atoms with Gasteiger partial charge >= 0.3 is 6.03 Å². The number of halogens is 1. The molecule has 2 N–H and O–H groups in total. The number of rotatable bonds is 6. The van der Waals surface area contributed by atoms with Gasteiger partial charge in [-0.15, -0.1) is 0 Å². The first-order valence-corrected chi connectivity index (χ1v) is 7.60. The molecule has 2 heterocycles. The Balaban J connectivity index is 1.46. The van der Waals surface area contributed by atoms with Gasteiger partial charge in [0.25, 0.3) is 0 Å². The summed E-state index contributed by atoms with van der Waals surface area (Å²) in [5, 5.41) is 5.44. The summed E-state index contributed by atoms with van der Waals surface area (Å²) in [6, 6.07) is 10.7. The first kappa shape index (κ1) is 16.5. The first-order chi connectivity index (χ1) is 12.2. The van der Waals surface area contributed by atoms with Crippen LogP contribution in [0.2, 0.25) is 0 Å². The van der Waals surface area contributed by atoms with Crippen molar-refractivity contribution in [2.75, 3.05) is 0 Å². The summed E-state index contributed by atoms with van der Waals surface area (Å²) in [5.74, 6) is 0.343. The fourth-order valence-corrected chi connectivity index (χ4v) is 2.05. The third kappa shape index (κ3) is 5.07. The van der Waals surface area contributed by atoms with Crippen LogP contribution in [0.4, 0.5) is 9.18 Å². The highest BCUT2D eigenvalue weighted by molar-refractivity contribution is 5.73. The Labute approximate surface area is 143 Å². The van der Waals surface area contributed by atoms with Crippen LogP contribution < -0.4 is 15.4 Å². The van der Waals surface area contributed by atoms with E-state index in [1.54, 1.807) is 49.1 Å². The lowest BCUT2D eigenvalue weighted by molar-refractivity contribution is 0.240. The Morgan fingerprint density at radius 2 is 1.96 bits per heavy atom. The standard InChI is InChI=1S/C18H16FN3O3/c19-15-2-1-3-16(8-15)25-17-5-4-13(9-20-17)10-21-18(23)22-11-14-6-7-24-12-14/h1-9,12H,10-11H2,(H2,21,22,23). The molecule has 2 amide bonds. The first-order valence-electron chi connectivity index (χ1n) is 7.60. The monoisotopic (exact) mass is 341 g/mol. The third-order valence-corrected chi connectivity index (χ3v) is 3.30. The summed E-state index contributed by atoms with van der Waals surface area (Å²) >= 11 is 0. The molecular weight excluding hydrogens is 325 g/mol. The van der Waals surface area contributed by atoms with E-state index >= 15 is 0 Å². The highest BCUT2D eigenvalue weighted by Crippen LogP contribution is 2.19. The predicted molar refractivity (Wildman–Crippen MR) is 88.5 cm³/mol. The summed E-state index contributed by atoms with van der Waals surface area (Å²) in [6.07, 6.45) is 4.71. The predicted octanol–water partition coefficient (Wildman–Crippen LogP) is 3.61. The summed E-state index contributed by atoms with van der Waals surface area (Å²) in [5.41, 5.74) is 1.70. The van der Waals surface area contributed by atoms with Crippen LogP contribution >= 0.6 is 0 Å². The zero-order valence-corrected chi connectivity index (χ0v) is 13.2. The minimum Gasteiger partial charge on any atom is -0.472 e. The molecule has 0 unspecified atom stereocenters. The van der Waals surface area contributed by atoms with Crippen LogP contribution in [-0.4, -0.2) is 11.0 Å². The molecule has 0 aliphatic carbocycles. The molecule has 2 aromatic heterocycles. The molecule has 0 fully saturated rings. The minimum atomic E-state index is -0.375. The summed E-state index contributed by atoms with van der Waals surface area (Å²) in [7, 11) is 0. The van der Waals surface area contributed by atoms with Gasteiger partial charge in [0, 0.05) is 37.0 Å². The summed E-state index contributed by atoms with van der Waals surface area (Å²) in [4.78, 5) is 15.9. The van der Waals surface area contributed by atoms with E-state index in [9.17, 15) is 9.18 Å². The van der Waals surface area contributed by atoms with Crippen molar-refractivity contribution in [2.45, 2.75) is 13.1 Å². The van der Waals surface area contributed by atoms with Crippen molar-refractivity contribution in [2.24, 2.45) is 0 Å². The van der Waals surface area contributed by atoms with Crippen molar-refractivity contribution in [3.63, 3.8) is 0 Å². The highest BCUT2D eigenvalue weighted by atomic mass is 19.1. The Bertz CT molecular complexity index is 820. The van der Waals surface area contributed by atoms with Crippen LogP contribution in [0.3, 0.4) is 0 Å². The molecule has 0 aliphatic rings. The number of carbonyl (C=O) groups is 1. The third-order valence-electron chi connectivity index (χ3n) is 3.30. The number of benzene rings is 1. The van der Waals surface area contributed by atoms with Gasteiger partial charge in [-0.2, -0.15) is 0 Å². The molecule has 3 aromatic rings. The van der Waals surface area contributed by atoms with Crippen LogP contribution in [0.5, 0.6) is 11.6 Å². The number of amides is 2. The molecule has 0 spiro atoms. The maximum Gasteiger partial charge on any atom is 0.315 e. The number of aromatic nitrogens is 1. The summed E-state index contributed by atoms with van der Waals surface area (Å²) in [6.45, 7) is 0.714. The molecule has 25 heavy (non-hydrogen) atoms. The molecule has 0 bridgehead atoms.